The Hall–Kier alpha value is -3.65. The third-order valence-electron chi connectivity index (χ3n) is 4.83. The number of aliphatic carboxylic acids is 1. The van der Waals surface area contributed by atoms with Crippen LogP contribution < -0.4 is 16.2 Å². The number of carbonyl (C=O) groups is 2. The van der Waals surface area contributed by atoms with Crippen molar-refractivity contribution in [2.75, 3.05) is 7.11 Å². The van der Waals surface area contributed by atoms with Crippen molar-refractivity contribution in [1.29, 1.82) is 0 Å². The average molecular weight is 411 g/mol. The second-order valence-corrected chi connectivity index (χ2v) is 6.70. The van der Waals surface area contributed by atoms with Crippen LogP contribution in [0.3, 0.4) is 0 Å². The fourth-order valence-electron chi connectivity index (χ4n) is 3.36. The van der Waals surface area contributed by atoms with E-state index in [4.69, 9.17) is 21.3 Å². The number of hydrogen-bond donors (Lipinski definition) is 3. The number of nitrogens with zero attached hydrogens (tertiary/aromatic N) is 1. The van der Waals surface area contributed by atoms with Gasteiger partial charge in [0, 0.05) is 23.4 Å². The minimum atomic E-state index is -0.928. The number of halogens is 1. The molecular formula is C22H22FN3O4. The van der Waals surface area contributed by atoms with Crippen LogP contribution in [0.2, 0.25) is 0 Å². The number of nitrogens with two attached hydrogens (primary N) is 2. The Morgan fingerprint density at radius 1 is 1.13 bits per heavy atom. The summed E-state index contributed by atoms with van der Waals surface area (Å²) in [6.45, 7) is 0.128. The number of primary amides is 1. The predicted octanol–water partition coefficient (Wildman–Crippen LogP) is 2.87. The van der Waals surface area contributed by atoms with E-state index in [9.17, 15) is 14.0 Å². The molecule has 0 bridgehead atoms. The molecule has 3 aromatic rings. The number of aryl methyl sites for hydroxylation is 1. The van der Waals surface area contributed by atoms with Crippen LogP contribution in [0.4, 0.5) is 4.39 Å². The molecule has 0 aliphatic carbocycles. The van der Waals surface area contributed by atoms with E-state index in [-0.39, 0.29) is 25.1 Å². The maximum Gasteiger partial charge on any atom is 0.303 e. The van der Waals surface area contributed by atoms with E-state index in [2.05, 4.69) is 0 Å². The molecule has 1 amide bonds. The number of benzene rings is 2. The van der Waals surface area contributed by atoms with Gasteiger partial charge in [0.1, 0.15) is 0 Å². The van der Waals surface area contributed by atoms with E-state index in [1.165, 1.54) is 19.2 Å². The van der Waals surface area contributed by atoms with Gasteiger partial charge in [0.2, 0.25) is 5.91 Å². The summed E-state index contributed by atoms with van der Waals surface area (Å²) in [6.07, 6.45) is 0.188. The van der Waals surface area contributed by atoms with Crippen LogP contribution in [0, 0.1) is 5.82 Å². The summed E-state index contributed by atoms with van der Waals surface area (Å²) in [5.74, 6) is -1.90. The summed E-state index contributed by atoms with van der Waals surface area (Å²) < 4.78 is 21.2. The molecule has 7 nitrogen and oxygen atoms in total. The van der Waals surface area contributed by atoms with Crippen LogP contribution >= 0.6 is 0 Å². The number of carboxylic acid groups (broad SMARTS) is 1. The molecule has 0 aliphatic rings. The second kappa shape index (κ2) is 8.79. The number of rotatable bonds is 8. The Morgan fingerprint density at radius 2 is 1.90 bits per heavy atom. The van der Waals surface area contributed by atoms with Gasteiger partial charge in [0.15, 0.2) is 11.6 Å². The van der Waals surface area contributed by atoms with Crippen molar-refractivity contribution in [3.63, 3.8) is 0 Å². The highest BCUT2D eigenvalue weighted by Crippen LogP contribution is 2.32. The quantitative estimate of drug-likeness (QED) is 0.526. The van der Waals surface area contributed by atoms with Gasteiger partial charge in [-0.25, -0.2) is 4.39 Å². The summed E-state index contributed by atoms with van der Waals surface area (Å²) in [5.41, 5.74) is 14.9. The monoisotopic (exact) mass is 411 g/mol. The van der Waals surface area contributed by atoms with Gasteiger partial charge in [-0.15, -0.1) is 0 Å². The smallest absolute Gasteiger partial charge is 0.303 e. The lowest BCUT2D eigenvalue weighted by molar-refractivity contribution is -0.136. The molecule has 0 saturated heterocycles. The highest BCUT2D eigenvalue weighted by molar-refractivity contribution is 5.93. The zero-order valence-corrected chi connectivity index (χ0v) is 16.4. The van der Waals surface area contributed by atoms with Crippen LogP contribution in [-0.2, 0) is 17.8 Å². The summed E-state index contributed by atoms with van der Waals surface area (Å²) in [7, 11) is 1.39. The molecule has 30 heavy (non-hydrogen) atoms. The summed E-state index contributed by atoms with van der Waals surface area (Å²) in [6, 6.07) is 13.1. The first-order valence-electron chi connectivity index (χ1n) is 9.25. The molecule has 0 unspecified atom stereocenters. The molecule has 2 aromatic carbocycles. The molecule has 5 N–H and O–H groups in total. The van der Waals surface area contributed by atoms with Crippen molar-refractivity contribution in [2.45, 2.75) is 19.4 Å². The molecule has 8 heteroatoms. The van der Waals surface area contributed by atoms with Gasteiger partial charge < -0.3 is 25.9 Å². The minimum Gasteiger partial charge on any atom is -0.494 e. The van der Waals surface area contributed by atoms with Gasteiger partial charge in [0.05, 0.1) is 24.9 Å². The normalized spacial score (nSPS) is 10.8. The molecule has 0 radical (unpaired) electrons. The Bertz CT molecular complexity index is 1110. The van der Waals surface area contributed by atoms with Crippen LogP contribution in [-0.4, -0.2) is 28.7 Å². The topological polar surface area (TPSA) is 121 Å². The van der Waals surface area contributed by atoms with E-state index in [0.717, 1.165) is 0 Å². The first-order valence-corrected chi connectivity index (χ1v) is 9.25. The summed E-state index contributed by atoms with van der Waals surface area (Å²) >= 11 is 0. The van der Waals surface area contributed by atoms with Crippen molar-refractivity contribution in [1.82, 2.24) is 4.57 Å². The molecule has 0 saturated carbocycles. The molecule has 0 fully saturated rings. The van der Waals surface area contributed by atoms with Gasteiger partial charge in [-0.1, -0.05) is 0 Å². The maximum absolute atomic E-state index is 14.3. The average Bonchev–Trinajstić information content (AvgIpc) is 3.15. The molecule has 0 spiro atoms. The van der Waals surface area contributed by atoms with Gasteiger partial charge in [0.25, 0.3) is 0 Å². The van der Waals surface area contributed by atoms with Crippen LogP contribution in [0.1, 0.15) is 28.0 Å². The molecule has 0 aliphatic heterocycles. The Morgan fingerprint density at radius 3 is 2.50 bits per heavy atom. The van der Waals surface area contributed by atoms with Crippen LogP contribution in [0.25, 0.3) is 16.9 Å². The summed E-state index contributed by atoms with van der Waals surface area (Å²) in [4.78, 5) is 22.7. The first-order chi connectivity index (χ1) is 14.3. The molecule has 1 aromatic heterocycles. The number of hydrogen-bond acceptors (Lipinski definition) is 4. The van der Waals surface area contributed by atoms with Crippen molar-refractivity contribution in [2.24, 2.45) is 11.5 Å². The molecule has 156 valence electrons. The lowest BCUT2D eigenvalue weighted by Gasteiger charge is -2.18. The van der Waals surface area contributed by atoms with Crippen molar-refractivity contribution >= 4 is 11.9 Å². The number of aromatic nitrogens is 1. The fourth-order valence-corrected chi connectivity index (χ4v) is 3.36. The largest absolute Gasteiger partial charge is 0.494 e. The standard InChI is InChI=1S/C22H22FN3O4/c1-30-20-8-3-13(11-17(20)23)18-7-4-16(5-9-21(27)28)26(18)19-6-2-14(22(25)29)10-15(19)12-24/h2-4,6-8,10-11H,5,9,12,24H2,1H3,(H2,25,29)(H,27,28). The third-order valence-corrected chi connectivity index (χ3v) is 4.83. The minimum absolute atomic E-state index is 0.0717. The van der Waals surface area contributed by atoms with E-state index >= 15 is 0 Å². The SMILES string of the molecule is COc1ccc(-c2ccc(CCC(=O)O)n2-c2ccc(C(N)=O)cc2CN)cc1F. The molecule has 1 heterocycles. The lowest BCUT2D eigenvalue weighted by Crippen LogP contribution is -2.14. The molecule has 3 rings (SSSR count). The maximum atomic E-state index is 14.3. The highest BCUT2D eigenvalue weighted by atomic mass is 19.1. The van der Waals surface area contributed by atoms with E-state index < -0.39 is 17.7 Å². The van der Waals surface area contributed by atoms with Crippen LogP contribution in [0.5, 0.6) is 5.75 Å². The van der Waals surface area contributed by atoms with Gasteiger partial charge in [-0.2, -0.15) is 0 Å². The van der Waals surface area contributed by atoms with Gasteiger partial charge in [-0.3, -0.25) is 9.59 Å². The zero-order valence-electron chi connectivity index (χ0n) is 16.4. The van der Waals surface area contributed by atoms with E-state index in [1.807, 2.05) is 4.57 Å². The number of amides is 1. The predicted molar refractivity (Wildman–Crippen MR) is 110 cm³/mol. The third kappa shape index (κ3) is 4.18. The molecular weight excluding hydrogens is 389 g/mol. The Labute approximate surface area is 172 Å². The van der Waals surface area contributed by atoms with Crippen molar-refractivity contribution in [3.05, 3.63) is 71.2 Å². The fraction of sp³-hybridized carbons (Fsp3) is 0.182. The van der Waals surface area contributed by atoms with E-state index in [0.29, 0.717) is 33.8 Å². The number of carbonyl (C=O) groups excluding carboxylic acids is 1. The number of carboxylic acids is 1. The van der Waals surface area contributed by atoms with Gasteiger partial charge >= 0.3 is 5.97 Å². The van der Waals surface area contributed by atoms with Crippen molar-refractivity contribution in [3.8, 4) is 22.7 Å². The lowest BCUT2D eigenvalue weighted by atomic mass is 10.1. The second-order valence-electron chi connectivity index (χ2n) is 6.70. The highest BCUT2D eigenvalue weighted by Gasteiger charge is 2.17. The van der Waals surface area contributed by atoms with Crippen LogP contribution in [0.15, 0.2) is 48.5 Å². The van der Waals surface area contributed by atoms with Crippen molar-refractivity contribution < 1.29 is 23.8 Å². The Kier molecular flexibility index (Phi) is 6.17. The summed E-state index contributed by atoms with van der Waals surface area (Å²) in [5, 5.41) is 9.11. The first kappa shape index (κ1) is 21.1. The zero-order chi connectivity index (χ0) is 21.8. The Balaban J connectivity index is 2.20. The van der Waals surface area contributed by atoms with E-state index in [1.54, 1.807) is 36.4 Å². The number of methoxy groups -OCH3 is 1. The number of ether oxygens (including phenoxy) is 1. The van der Waals surface area contributed by atoms with Gasteiger partial charge in [-0.05, 0) is 60.5 Å². The molecule has 0 atom stereocenters.